The van der Waals surface area contributed by atoms with E-state index in [0.29, 0.717) is 19.8 Å². The normalized spacial score (nSPS) is 21.6. The smallest absolute Gasteiger partial charge is 0.228 e. The van der Waals surface area contributed by atoms with Gasteiger partial charge in [0.2, 0.25) is 5.91 Å². The molecule has 2 aromatic heterocycles. The number of hydrogen-bond acceptors (Lipinski definition) is 4. The Morgan fingerprint density at radius 3 is 3.14 bits per heavy atom. The van der Waals surface area contributed by atoms with Gasteiger partial charge in [0.1, 0.15) is 5.69 Å². The van der Waals surface area contributed by atoms with E-state index in [9.17, 15) is 4.79 Å². The molecule has 1 amide bonds. The van der Waals surface area contributed by atoms with Gasteiger partial charge in [-0.15, -0.1) is 11.3 Å². The van der Waals surface area contributed by atoms with Crippen LogP contribution in [0, 0.1) is 5.92 Å². The molecule has 0 spiro atoms. The topological polar surface area (TPSA) is 47.4 Å². The van der Waals surface area contributed by atoms with Crippen molar-refractivity contribution in [1.82, 2.24) is 14.7 Å². The highest BCUT2D eigenvalue weighted by Crippen LogP contribution is 2.26. The van der Waals surface area contributed by atoms with Crippen LogP contribution in [-0.4, -0.2) is 40.3 Å². The minimum Gasteiger partial charge on any atom is -0.381 e. The number of rotatable bonds is 2. The summed E-state index contributed by atoms with van der Waals surface area (Å²) < 4.78 is 7.42. The summed E-state index contributed by atoms with van der Waals surface area (Å²) in [6.45, 7) is 3.64. The van der Waals surface area contributed by atoms with Gasteiger partial charge in [-0.3, -0.25) is 9.48 Å². The molecule has 1 unspecified atom stereocenters. The van der Waals surface area contributed by atoms with Crippen molar-refractivity contribution < 1.29 is 9.53 Å². The van der Waals surface area contributed by atoms with Crippen LogP contribution in [0.25, 0.3) is 10.6 Å². The molecule has 0 saturated carbocycles. The molecule has 1 saturated heterocycles. The second-order valence-electron chi connectivity index (χ2n) is 5.90. The molecule has 2 aliphatic heterocycles. The van der Waals surface area contributed by atoms with Crippen LogP contribution in [0.15, 0.2) is 23.6 Å². The van der Waals surface area contributed by atoms with Crippen molar-refractivity contribution in [2.75, 3.05) is 19.8 Å². The average molecular weight is 317 g/mol. The molecule has 0 aliphatic carbocycles. The van der Waals surface area contributed by atoms with Gasteiger partial charge in [0.25, 0.3) is 0 Å². The monoisotopic (exact) mass is 317 g/mol. The summed E-state index contributed by atoms with van der Waals surface area (Å²) in [5, 5.41) is 6.77. The van der Waals surface area contributed by atoms with E-state index >= 15 is 0 Å². The Morgan fingerprint density at radius 1 is 1.41 bits per heavy atom. The summed E-state index contributed by atoms with van der Waals surface area (Å²) in [5.74, 6) is 0.288. The molecule has 5 nitrogen and oxygen atoms in total. The minimum absolute atomic E-state index is 0.0474. The summed E-state index contributed by atoms with van der Waals surface area (Å²) in [6.07, 6.45) is 1.81. The average Bonchev–Trinajstić information content (AvgIpc) is 3.26. The highest BCUT2D eigenvalue weighted by atomic mass is 32.1. The van der Waals surface area contributed by atoms with E-state index in [1.165, 1.54) is 4.88 Å². The molecule has 4 rings (SSSR count). The third-order valence-electron chi connectivity index (χ3n) is 4.38. The molecule has 1 atom stereocenters. The van der Waals surface area contributed by atoms with Gasteiger partial charge >= 0.3 is 0 Å². The number of carbonyl (C=O) groups excluding carboxylic acids is 1. The van der Waals surface area contributed by atoms with Crippen LogP contribution in [-0.2, 0) is 22.6 Å². The predicted octanol–water partition coefficient (Wildman–Crippen LogP) is 2.38. The Balaban J connectivity index is 1.56. The van der Waals surface area contributed by atoms with Gasteiger partial charge in [-0.2, -0.15) is 5.10 Å². The van der Waals surface area contributed by atoms with Gasteiger partial charge < -0.3 is 9.64 Å². The lowest BCUT2D eigenvalue weighted by atomic mass is 10.1. The highest BCUT2D eigenvalue weighted by molar-refractivity contribution is 7.13. The lowest BCUT2D eigenvalue weighted by molar-refractivity contribution is -0.136. The SMILES string of the molecule is O=C(C1CCOC1)N1CCCn2nc(-c3cccs3)cc2C1. The van der Waals surface area contributed by atoms with E-state index in [0.717, 1.165) is 37.3 Å². The van der Waals surface area contributed by atoms with E-state index in [-0.39, 0.29) is 11.8 Å². The van der Waals surface area contributed by atoms with Crippen molar-refractivity contribution in [1.29, 1.82) is 0 Å². The number of thiophene rings is 1. The predicted molar refractivity (Wildman–Crippen MR) is 84.5 cm³/mol. The van der Waals surface area contributed by atoms with Gasteiger partial charge in [-0.25, -0.2) is 0 Å². The van der Waals surface area contributed by atoms with Crippen molar-refractivity contribution >= 4 is 17.2 Å². The van der Waals surface area contributed by atoms with E-state index in [2.05, 4.69) is 22.2 Å². The van der Waals surface area contributed by atoms with Crippen molar-refractivity contribution in [3.63, 3.8) is 0 Å². The summed E-state index contributed by atoms with van der Waals surface area (Å²) in [5.41, 5.74) is 2.15. The highest BCUT2D eigenvalue weighted by Gasteiger charge is 2.29. The van der Waals surface area contributed by atoms with Crippen LogP contribution in [0.5, 0.6) is 0 Å². The van der Waals surface area contributed by atoms with Gasteiger partial charge in [0.15, 0.2) is 0 Å². The summed E-state index contributed by atoms with van der Waals surface area (Å²) in [4.78, 5) is 15.8. The first-order valence-electron chi connectivity index (χ1n) is 7.78. The third kappa shape index (κ3) is 2.57. The molecule has 4 heterocycles. The molecule has 2 aliphatic rings. The molecule has 0 N–H and O–H groups in total. The Bertz CT molecular complexity index is 659. The maximum Gasteiger partial charge on any atom is 0.228 e. The summed E-state index contributed by atoms with van der Waals surface area (Å²) in [6, 6.07) is 6.26. The lowest BCUT2D eigenvalue weighted by Crippen LogP contribution is -2.36. The first-order chi connectivity index (χ1) is 10.8. The standard InChI is InChI=1S/C16H19N3O2S/c20-16(12-4-7-21-11-12)18-5-2-6-19-13(10-18)9-14(17-19)15-3-1-8-22-15/h1,3,8-9,12H,2,4-7,10-11H2. The van der Waals surface area contributed by atoms with Gasteiger partial charge in [0, 0.05) is 19.7 Å². The van der Waals surface area contributed by atoms with Crippen molar-refractivity contribution in [2.45, 2.75) is 25.9 Å². The van der Waals surface area contributed by atoms with Gasteiger partial charge in [-0.05, 0) is 30.4 Å². The third-order valence-corrected chi connectivity index (χ3v) is 5.27. The molecule has 116 valence electrons. The van der Waals surface area contributed by atoms with Crippen molar-refractivity contribution in [3.05, 3.63) is 29.3 Å². The Hall–Kier alpha value is -1.66. The first kappa shape index (κ1) is 14.0. The number of fused-ring (bicyclic) bond motifs is 1. The first-order valence-corrected chi connectivity index (χ1v) is 8.66. The molecule has 6 heteroatoms. The number of hydrogen-bond donors (Lipinski definition) is 0. The zero-order chi connectivity index (χ0) is 14.9. The fraction of sp³-hybridized carbons (Fsp3) is 0.500. The largest absolute Gasteiger partial charge is 0.381 e. The van der Waals surface area contributed by atoms with Crippen LogP contribution in [0.3, 0.4) is 0 Å². The van der Waals surface area contributed by atoms with Crippen LogP contribution in [0.2, 0.25) is 0 Å². The maximum absolute atomic E-state index is 12.6. The second-order valence-corrected chi connectivity index (χ2v) is 6.84. The zero-order valence-electron chi connectivity index (χ0n) is 12.4. The van der Waals surface area contributed by atoms with E-state index in [4.69, 9.17) is 9.84 Å². The molecule has 0 radical (unpaired) electrons. The Morgan fingerprint density at radius 2 is 2.36 bits per heavy atom. The van der Waals surface area contributed by atoms with E-state index in [1.54, 1.807) is 11.3 Å². The fourth-order valence-electron chi connectivity index (χ4n) is 3.18. The molecule has 22 heavy (non-hydrogen) atoms. The molecule has 2 aromatic rings. The lowest BCUT2D eigenvalue weighted by Gasteiger charge is -2.22. The molecule has 1 fully saturated rings. The van der Waals surface area contributed by atoms with Gasteiger partial charge in [-0.1, -0.05) is 6.07 Å². The van der Waals surface area contributed by atoms with Crippen LogP contribution >= 0.6 is 11.3 Å². The zero-order valence-corrected chi connectivity index (χ0v) is 13.2. The van der Waals surface area contributed by atoms with Crippen LogP contribution in [0.4, 0.5) is 0 Å². The Kier molecular flexibility index (Phi) is 3.72. The maximum atomic E-state index is 12.6. The Labute approximate surface area is 133 Å². The van der Waals surface area contributed by atoms with Crippen LogP contribution in [0.1, 0.15) is 18.5 Å². The van der Waals surface area contributed by atoms with Gasteiger partial charge in [0.05, 0.1) is 29.6 Å². The van der Waals surface area contributed by atoms with E-state index < -0.39 is 0 Å². The molecule has 0 bridgehead atoms. The summed E-state index contributed by atoms with van der Waals surface area (Å²) >= 11 is 1.70. The van der Waals surface area contributed by atoms with E-state index in [1.807, 2.05) is 11.0 Å². The second kappa shape index (κ2) is 5.85. The minimum atomic E-state index is 0.0474. The number of amides is 1. The molecular formula is C16H19N3O2S. The fourth-order valence-corrected chi connectivity index (χ4v) is 3.86. The number of carbonyl (C=O) groups is 1. The number of ether oxygens (including phenoxy) is 1. The number of aryl methyl sites for hydroxylation is 1. The van der Waals surface area contributed by atoms with Crippen LogP contribution < -0.4 is 0 Å². The quantitative estimate of drug-likeness (QED) is 0.854. The molecule has 0 aromatic carbocycles. The number of aromatic nitrogens is 2. The molecular weight excluding hydrogens is 298 g/mol. The summed E-state index contributed by atoms with van der Waals surface area (Å²) in [7, 11) is 0. The van der Waals surface area contributed by atoms with Crippen molar-refractivity contribution in [3.8, 4) is 10.6 Å². The van der Waals surface area contributed by atoms with Crippen molar-refractivity contribution in [2.24, 2.45) is 5.92 Å². The number of nitrogens with zero attached hydrogens (tertiary/aromatic N) is 3.